The van der Waals surface area contributed by atoms with E-state index in [4.69, 9.17) is 4.74 Å². The Morgan fingerprint density at radius 2 is 1.81 bits per heavy atom. The molecule has 0 amide bonds. The molecule has 0 bridgehead atoms. The summed E-state index contributed by atoms with van der Waals surface area (Å²) in [5, 5.41) is 10.1. The molecule has 0 heterocycles. The lowest BCUT2D eigenvalue weighted by atomic mass is 10.1. The van der Waals surface area contributed by atoms with Crippen LogP contribution in [-0.2, 0) is 0 Å². The van der Waals surface area contributed by atoms with Gasteiger partial charge in [0.25, 0.3) is 0 Å². The fraction of sp³-hybridized carbons (Fsp3) is 0.250. The number of hydrogen-bond acceptors (Lipinski definition) is 3. The summed E-state index contributed by atoms with van der Waals surface area (Å²) in [7, 11) is 3.34. The van der Waals surface area contributed by atoms with Crippen LogP contribution < -0.4 is 9.64 Å². The van der Waals surface area contributed by atoms with Crippen LogP contribution in [0.1, 0.15) is 11.7 Å². The molecule has 3 nitrogen and oxygen atoms in total. The number of rotatable bonds is 5. The lowest BCUT2D eigenvalue weighted by molar-refractivity contribution is 0.179. The van der Waals surface area contributed by atoms with E-state index in [0.29, 0.717) is 0 Å². The van der Waals surface area contributed by atoms with Gasteiger partial charge in [-0.3, -0.25) is 0 Å². The van der Waals surface area contributed by atoms with E-state index in [1.54, 1.807) is 31.2 Å². The Labute approximate surface area is 122 Å². The zero-order valence-corrected chi connectivity index (χ0v) is 11.9. The van der Waals surface area contributed by atoms with E-state index in [1.807, 2.05) is 12.1 Å². The van der Waals surface area contributed by atoms with E-state index in [9.17, 15) is 13.9 Å². The van der Waals surface area contributed by atoms with Gasteiger partial charge in [0.15, 0.2) is 11.6 Å². The van der Waals surface area contributed by atoms with E-state index in [1.165, 1.54) is 12.1 Å². The molecule has 0 spiro atoms. The summed E-state index contributed by atoms with van der Waals surface area (Å²) in [4.78, 5) is 1.76. The van der Waals surface area contributed by atoms with Crippen LogP contribution in [0.3, 0.4) is 0 Å². The Morgan fingerprint density at radius 3 is 2.43 bits per heavy atom. The molecule has 1 atom stereocenters. The fourth-order valence-electron chi connectivity index (χ4n) is 2.08. The first-order valence-corrected chi connectivity index (χ1v) is 6.50. The Morgan fingerprint density at radius 1 is 1.14 bits per heavy atom. The molecule has 21 heavy (non-hydrogen) atoms. The molecule has 1 N–H and O–H groups in total. The minimum Gasteiger partial charge on any atom is -0.497 e. The van der Waals surface area contributed by atoms with Crippen molar-refractivity contribution in [3.63, 3.8) is 0 Å². The second-order valence-electron chi connectivity index (χ2n) is 4.74. The van der Waals surface area contributed by atoms with Gasteiger partial charge < -0.3 is 14.7 Å². The van der Waals surface area contributed by atoms with Gasteiger partial charge in [-0.05, 0) is 30.3 Å². The molecule has 0 aliphatic heterocycles. The number of benzene rings is 2. The highest BCUT2D eigenvalue weighted by Crippen LogP contribution is 2.23. The minimum atomic E-state index is -1.12. The zero-order chi connectivity index (χ0) is 15.4. The first-order chi connectivity index (χ1) is 10.0. The molecule has 0 saturated carbocycles. The molecular formula is C16H17F2NO2. The monoisotopic (exact) mass is 293 g/mol. The second kappa shape index (κ2) is 6.54. The number of methoxy groups -OCH3 is 1. The van der Waals surface area contributed by atoms with Crippen LogP contribution in [0.2, 0.25) is 0 Å². The predicted octanol–water partition coefficient (Wildman–Crippen LogP) is 3.14. The topological polar surface area (TPSA) is 32.7 Å². The molecule has 112 valence electrons. The lowest BCUT2D eigenvalue weighted by Crippen LogP contribution is -2.24. The second-order valence-corrected chi connectivity index (χ2v) is 4.74. The molecule has 2 aromatic carbocycles. The van der Waals surface area contributed by atoms with Crippen LogP contribution in [0.15, 0.2) is 42.5 Å². The average Bonchev–Trinajstić information content (AvgIpc) is 2.50. The maximum absolute atomic E-state index is 13.6. The number of anilines is 1. The molecule has 0 saturated heterocycles. The van der Waals surface area contributed by atoms with Crippen LogP contribution in [0, 0.1) is 11.6 Å². The van der Waals surface area contributed by atoms with E-state index in [-0.39, 0.29) is 12.1 Å². The zero-order valence-electron chi connectivity index (χ0n) is 11.9. The van der Waals surface area contributed by atoms with Gasteiger partial charge in [0.2, 0.25) is 0 Å². The Hall–Kier alpha value is -2.14. The average molecular weight is 293 g/mol. The summed E-state index contributed by atoms with van der Waals surface area (Å²) in [5.41, 5.74) is 0.794. The van der Waals surface area contributed by atoms with Crippen molar-refractivity contribution in [3.8, 4) is 5.75 Å². The number of halogens is 2. The first kappa shape index (κ1) is 15.3. The predicted molar refractivity (Wildman–Crippen MR) is 77.6 cm³/mol. The summed E-state index contributed by atoms with van der Waals surface area (Å²) in [6.07, 6.45) is -1.12. The molecular weight excluding hydrogens is 276 g/mol. The summed E-state index contributed by atoms with van der Waals surface area (Å²) in [5.74, 6) is -1.24. The van der Waals surface area contributed by atoms with Crippen molar-refractivity contribution in [2.45, 2.75) is 6.10 Å². The SMILES string of the molecule is COc1ccc(N(C)CC(O)c2cccc(F)c2F)cc1. The number of aliphatic hydroxyl groups is 1. The molecule has 1 unspecified atom stereocenters. The number of nitrogens with zero attached hydrogens (tertiary/aromatic N) is 1. The van der Waals surface area contributed by atoms with Gasteiger partial charge in [0.1, 0.15) is 5.75 Å². The molecule has 0 aliphatic carbocycles. The van der Waals surface area contributed by atoms with Crippen molar-refractivity contribution in [2.75, 3.05) is 25.6 Å². The molecule has 2 aromatic rings. The third kappa shape index (κ3) is 3.49. The standard InChI is InChI=1S/C16H17F2NO2/c1-19(11-6-8-12(21-2)9-7-11)10-15(20)13-4-3-5-14(17)16(13)18/h3-9,15,20H,10H2,1-2H3. The Balaban J connectivity index is 2.10. The van der Waals surface area contributed by atoms with Gasteiger partial charge >= 0.3 is 0 Å². The van der Waals surface area contributed by atoms with Gasteiger partial charge in [-0.15, -0.1) is 0 Å². The molecule has 0 aliphatic rings. The van der Waals surface area contributed by atoms with Crippen LogP contribution in [0.25, 0.3) is 0 Å². The molecule has 5 heteroatoms. The van der Waals surface area contributed by atoms with Gasteiger partial charge in [-0.1, -0.05) is 12.1 Å². The highest BCUT2D eigenvalue weighted by atomic mass is 19.2. The van der Waals surface area contributed by atoms with Gasteiger partial charge in [0, 0.05) is 24.8 Å². The van der Waals surface area contributed by atoms with E-state index < -0.39 is 17.7 Å². The molecule has 2 rings (SSSR count). The Kier molecular flexibility index (Phi) is 4.75. The van der Waals surface area contributed by atoms with E-state index >= 15 is 0 Å². The van der Waals surface area contributed by atoms with Crippen LogP contribution in [0.4, 0.5) is 14.5 Å². The normalized spacial score (nSPS) is 12.0. The van der Waals surface area contributed by atoms with Crippen molar-refractivity contribution >= 4 is 5.69 Å². The highest BCUT2D eigenvalue weighted by Gasteiger charge is 2.17. The van der Waals surface area contributed by atoms with Crippen molar-refractivity contribution in [3.05, 3.63) is 59.7 Å². The largest absolute Gasteiger partial charge is 0.497 e. The van der Waals surface area contributed by atoms with Crippen LogP contribution >= 0.6 is 0 Å². The molecule has 0 fully saturated rings. The molecule has 0 radical (unpaired) electrons. The smallest absolute Gasteiger partial charge is 0.164 e. The number of aliphatic hydroxyl groups excluding tert-OH is 1. The Bertz CT molecular complexity index is 602. The van der Waals surface area contributed by atoms with Gasteiger partial charge in [0.05, 0.1) is 13.2 Å². The first-order valence-electron chi connectivity index (χ1n) is 6.50. The maximum atomic E-state index is 13.6. The van der Waals surface area contributed by atoms with Crippen LogP contribution in [0.5, 0.6) is 5.75 Å². The van der Waals surface area contributed by atoms with Crippen molar-refractivity contribution in [2.24, 2.45) is 0 Å². The summed E-state index contributed by atoms with van der Waals surface area (Å²) < 4.78 is 31.9. The van der Waals surface area contributed by atoms with Crippen molar-refractivity contribution in [1.29, 1.82) is 0 Å². The van der Waals surface area contributed by atoms with E-state index in [0.717, 1.165) is 17.5 Å². The molecule has 0 aromatic heterocycles. The fourth-order valence-corrected chi connectivity index (χ4v) is 2.08. The van der Waals surface area contributed by atoms with E-state index in [2.05, 4.69) is 0 Å². The van der Waals surface area contributed by atoms with Crippen LogP contribution in [-0.4, -0.2) is 25.8 Å². The summed E-state index contributed by atoms with van der Waals surface area (Å²) in [6, 6.07) is 11.0. The van der Waals surface area contributed by atoms with Crippen molar-refractivity contribution < 1.29 is 18.6 Å². The third-order valence-corrected chi connectivity index (χ3v) is 3.30. The third-order valence-electron chi connectivity index (χ3n) is 3.30. The van der Waals surface area contributed by atoms with Crippen molar-refractivity contribution in [1.82, 2.24) is 0 Å². The minimum absolute atomic E-state index is 0.0460. The quantitative estimate of drug-likeness (QED) is 0.919. The highest BCUT2D eigenvalue weighted by molar-refractivity contribution is 5.48. The number of ether oxygens (including phenoxy) is 1. The number of hydrogen-bond donors (Lipinski definition) is 1. The lowest BCUT2D eigenvalue weighted by Gasteiger charge is -2.23. The summed E-state index contributed by atoms with van der Waals surface area (Å²) in [6.45, 7) is 0.146. The van der Waals surface area contributed by atoms with Gasteiger partial charge in [-0.25, -0.2) is 8.78 Å². The maximum Gasteiger partial charge on any atom is 0.164 e. The summed E-state index contributed by atoms with van der Waals surface area (Å²) >= 11 is 0. The number of likely N-dealkylation sites (N-methyl/N-ethyl adjacent to an activating group) is 1. The van der Waals surface area contributed by atoms with Gasteiger partial charge in [-0.2, -0.15) is 0 Å².